The van der Waals surface area contributed by atoms with Gasteiger partial charge in [-0.2, -0.15) is 0 Å². The van der Waals surface area contributed by atoms with Crippen molar-refractivity contribution in [3.05, 3.63) is 52.7 Å². The molecule has 1 saturated carbocycles. The average Bonchev–Trinajstić information content (AvgIpc) is 3.25. The average molecular weight is 337 g/mol. The van der Waals surface area contributed by atoms with Crippen LogP contribution in [0.15, 0.2) is 36.4 Å². The third kappa shape index (κ3) is 3.29. The molecule has 3 aromatic rings. The molecular weight excluding hydrogens is 314 g/mol. The molecule has 124 valence electrons. The largest absolute Gasteiger partial charge is 0.367 e. The fraction of sp³-hybridized carbons (Fsp3) is 0.400. The van der Waals surface area contributed by atoms with Gasteiger partial charge in [0.05, 0.1) is 5.39 Å². The van der Waals surface area contributed by atoms with Crippen LogP contribution >= 0.6 is 11.3 Å². The number of fused-ring (bicyclic) bond motifs is 1. The lowest BCUT2D eigenvalue weighted by atomic mass is 10.1. The number of aromatic nitrogens is 2. The molecule has 2 heterocycles. The van der Waals surface area contributed by atoms with Crippen LogP contribution in [0.5, 0.6) is 0 Å². The topological polar surface area (TPSA) is 37.8 Å². The molecule has 0 saturated heterocycles. The highest BCUT2D eigenvalue weighted by molar-refractivity contribution is 7.18. The van der Waals surface area contributed by atoms with E-state index in [1.807, 2.05) is 6.07 Å². The third-order valence-electron chi connectivity index (χ3n) is 4.74. The van der Waals surface area contributed by atoms with E-state index in [1.165, 1.54) is 41.5 Å². The number of rotatable bonds is 5. The van der Waals surface area contributed by atoms with Gasteiger partial charge in [-0.15, -0.1) is 11.3 Å². The van der Waals surface area contributed by atoms with Crippen LogP contribution in [-0.4, -0.2) is 16.0 Å². The van der Waals surface area contributed by atoms with Gasteiger partial charge in [-0.1, -0.05) is 50.1 Å². The van der Waals surface area contributed by atoms with Gasteiger partial charge in [-0.05, 0) is 30.9 Å². The highest BCUT2D eigenvalue weighted by Gasteiger charge is 2.18. The number of aryl methyl sites for hydroxylation is 1. The van der Waals surface area contributed by atoms with Crippen LogP contribution in [0.25, 0.3) is 10.2 Å². The Morgan fingerprint density at radius 3 is 2.67 bits per heavy atom. The lowest BCUT2D eigenvalue weighted by Crippen LogP contribution is -2.16. The van der Waals surface area contributed by atoms with E-state index in [0.717, 1.165) is 29.3 Å². The molecular formula is C20H23N3S. The quantitative estimate of drug-likeness (QED) is 0.695. The van der Waals surface area contributed by atoms with Crippen molar-refractivity contribution in [1.29, 1.82) is 0 Å². The van der Waals surface area contributed by atoms with Crippen molar-refractivity contribution in [2.75, 3.05) is 5.32 Å². The minimum Gasteiger partial charge on any atom is -0.367 e. The van der Waals surface area contributed by atoms with Gasteiger partial charge in [0.1, 0.15) is 16.5 Å². The first-order chi connectivity index (χ1) is 11.8. The van der Waals surface area contributed by atoms with E-state index in [0.29, 0.717) is 6.04 Å². The summed E-state index contributed by atoms with van der Waals surface area (Å²) in [6.45, 7) is 2.20. The van der Waals surface area contributed by atoms with Crippen LogP contribution in [0.3, 0.4) is 0 Å². The second kappa shape index (κ2) is 6.89. The van der Waals surface area contributed by atoms with Gasteiger partial charge >= 0.3 is 0 Å². The Kier molecular flexibility index (Phi) is 4.48. The van der Waals surface area contributed by atoms with Gasteiger partial charge in [0.15, 0.2) is 0 Å². The number of nitrogens with zero attached hydrogens (tertiary/aromatic N) is 2. The van der Waals surface area contributed by atoms with Gasteiger partial charge < -0.3 is 5.32 Å². The molecule has 2 aromatic heterocycles. The Hall–Kier alpha value is -1.94. The molecule has 1 aliphatic rings. The molecule has 4 rings (SSSR count). The number of benzene rings is 1. The fourth-order valence-corrected chi connectivity index (χ4v) is 4.41. The second-order valence-electron chi connectivity index (χ2n) is 6.56. The molecule has 1 N–H and O–H groups in total. The van der Waals surface area contributed by atoms with Gasteiger partial charge in [0, 0.05) is 17.3 Å². The van der Waals surface area contributed by atoms with Gasteiger partial charge in [0.2, 0.25) is 0 Å². The van der Waals surface area contributed by atoms with Crippen LogP contribution < -0.4 is 5.32 Å². The van der Waals surface area contributed by atoms with E-state index in [-0.39, 0.29) is 0 Å². The zero-order valence-electron chi connectivity index (χ0n) is 14.1. The van der Waals surface area contributed by atoms with Crippen molar-refractivity contribution in [3.8, 4) is 0 Å². The summed E-state index contributed by atoms with van der Waals surface area (Å²) in [6.07, 6.45) is 7.00. The number of nitrogens with one attached hydrogen (secondary N) is 1. The van der Waals surface area contributed by atoms with E-state index in [2.05, 4.69) is 42.6 Å². The maximum Gasteiger partial charge on any atom is 0.138 e. The van der Waals surface area contributed by atoms with E-state index in [4.69, 9.17) is 9.97 Å². The molecule has 0 aliphatic heterocycles. The van der Waals surface area contributed by atoms with Crippen molar-refractivity contribution < 1.29 is 0 Å². The molecule has 0 radical (unpaired) electrons. The van der Waals surface area contributed by atoms with E-state index < -0.39 is 0 Å². The first-order valence-corrected chi connectivity index (χ1v) is 9.73. The maximum absolute atomic E-state index is 4.89. The number of hydrogen-bond donors (Lipinski definition) is 1. The minimum absolute atomic E-state index is 0.567. The summed E-state index contributed by atoms with van der Waals surface area (Å²) in [4.78, 5) is 12.2. The predicted molar refractivity (Wildman–Crippen MR) is 102 cm³/mol. The first kappa shape index (κ1) is 15.6. The summed E-state index contributed by atoms with van der Waals surface area (Å²) < 4.78 is 0. The van der Waals surface area contributed by atoms with Gasteiger partial charge in [-0.3, -0.25) is 0 Å². The summed E-state index contributed by atoms with van der Waals surface area (Å²) in [6, 6.07) is 13.3. The second-order valence-corrected chi connectivity index (χ2v) is 7.68. The Balaban J connectivity index is 1.71. The molecule has 3 nitrogen and oxygen atoms in total. The molecule has 0 amide bonds. The highest BCUT2D eigenvalue weighted by atomic mass is 32.1. The zero-order chi connectivity index (χ0) is 16.4. The maximum atomic E-state index is 4.89. The van der Waals surface area contributed by atoms with E-state index >= 15 is 0 Å². The highest BCUT2D eigenvalue weighted by Crippen LogP contribution is 2.32. The van der Waals surface area contributed by atoms with Crippen LogP contribution in [0.4, 0.5) is 5.82 Å². The molecule has 0 atom stereocenters. The van der Waals surface area contributed by atoms with Crippen molar-refractivity contribution in [3.63, 3.8) is 0 Å². The number of hydrogen-bond acceptors (Lipinski definition) is 4. The summed E-state index contributed by atoms with van der Waals surface area (Å²) in [5.41, 5.74) is 1.26. The standard InChI is InChI=1S/C20H23N3S/c1-2-16-13-17-19(21-15-10-6-7-11-15)22-18(23-20(17)24-16)12-14-8-4-3-5-9-14/h3-5,8-9,13,15H,2,6-7,10-12H2,1H3,(H,21,22,23). The molecule has 4 heteroatoms. The van der Waals surface area contributed by atoms with Crippen molar-refractivity contribution in [1.82, 2.24) is 9.97 Å². The summed E-state index contributed by atoms with van der Waals surface area (Å²) in [5, 5.41) is 4.90. The lowest BCUT2D eigenvalue weighted by Gasteiger charge is -2.14. The molecule has 0 unspecified atom stereocenters. The molecule has 1 fully saturated rings. The SMILES string of the molecule is CCc1cc2c(NC3CCCC3)nc(Cc3ccccc3)nc2s1. The molecule has 0 spiro atoms. The molecule has 1 aliphatic carbocycles. The van der Waals surface area contributed by atoms with Crippen molar-refractivity contribution in [2.45, 2.75) is 51.5 Å². The van der Waals surface area contributed by atoms with Gasteiger partial charge in [-0.25, -0.2) is 9.97 Å². The third-order valence-corrected chi connectivity index (χ3v) is 5.91. The number of thiophene rings is 1. The van der Waals surface area contributed by atoms with Crippen molar-refractivity contribution >= 4 is 27.4 Å². The molecule has 0 bridgehead atoms. The summed E-state index contributed by atoms with van der Waals surface area (Å²) >= 11 is 1.80. The van der Waals surface area contributed by atoms with Crippen LogP contribution in [0.1, 0.15) is 48.9 Å². The number of anilines is 1. The Labute approximate surface area is 147 Å². The lowest BCUT2D eigenvalue weighted by molar-refractivity contribution is 0.750. The van der Waals surface area contributed by atoms with Crippen molar-refractivity contribution in [2.24, 2.45) is 0 Å². The monoisotopic (exact) mass is 337 g/mol. The first-order valence-electron chi connectivity index (χ1n) is 8.91. The Bertz CT molecular complexity index is 820. The van der Waals surface area contributed by atoms with Crippen LogP contribution in [-0.2, 0) is 12.8 Å². The smallest absolute Gasteiger partial charge is 0.138 e. The summed E-state index contributed by atoms with van der Waals surface area (Å²) in [5.74, 6) is 1.95. The zero-order valence-corrected chi connectivity index (χ0v) is 14.9. The predicted octanol–water partition coefficient (Wildman–Crippen LogP) is 5.20. The Morgan fingerprint density at radius 2 is 1.92 bits per heavy atom. The summed E-state index contributed by atoms with van der Waals surface area (Å²) in [7, 11) is 0. The van der Waals surface area contributed by atoms with Gasteiger partial charge in [0.25, 0.3) is 0 Å². The Morgan fingerprint density at radius 1 is 1.12 bits per heavy atom. The fourth-order valence-electron chi connectivity index (χ4n) is 3.42. The van der Waals surface area contributed by atoms with Crippen LogP contribution in [0.2, 0.25) is 0 Å². The minimum atomic E-state index is 0.567. The molecule has 1 aromatic carbocycles. The molecule has 24 heavy (non-hydrogen) atoms. The van der Waals surface area contributed by atoms with Crippen LogP contribution in [0, 0.1) is 0 Å². The van der Waals surface area contributed by atoms with E-state index in [1.54, 1.807) is 11.3 Å². The normalized spacial score (nSPS) is 15.2. The van der Waals surface area contributed by atoms with E-state index in [9.17, 15) is 0 Å².